The zero-order valence-electron chi connectivity index (χ0n) is 13.9. The predicted molar refractivity (Wildman–Crippen MR) is 88.2 cm³/mol. The normalized spacial score (nSPS) is 14.6. The van der Waals surface area contributed by atoms with Crippen LogP contribution >= 0.6 is 0 Å². The van der Waals surface area contributed by atoms with Gasteiger partial charge in [-0.2, -0.15) is 0 Å². The number of nitrogens with zero attached hydrogens (tertiary/aromatic N) is 1. The molecule has 2 rings (SSSR count). The number of carbonyl (C=O) groups excluding carboxylic acids is 2. The number of rotatable bonds is 7. The van der Waals surface area contributed by atoms with Crippen LogP contribution in [-0.2, 0) is 4.79 Å². The van der Waals surface area contributed by atoms with E-state index >= 15 is 0 Å². The molecule has 0 aromatic heterocycles. The summed E-state index contributed by atoms with van der Waals surface area (Å²) >= 11 is 0. The highest BCUT2D eigenvalue weighted by atomic mass is 16.6. The summed E-state index contributed by atoms with van der Waals surface area (Å²) in [5, 5.41) is 14.1. The minimum absolute atomic E-state index is 0.0121. The van der Waals surface area contributed by atoms with Gasteiger partial charge in [-0.25, -0.2) is 0 Å². The van der Waals surface area contributed by atoms with Crippen LogP contribution in [0.25, 0.3) is 0 Å². The lowest BCUT2D eigenvalue weighted by Crippen LogP contribution is -2.36. The monoisotopic (exact) mass is 334 g/mol. The molecule has 1 aromatic carbocycles. The molecule has 1 aliphatic carbocycles. The first kappa shape index (κ1) is 17.9. The largest absolute Gasteiger partial charge is 0.477 e. The quantitative estimate of drug-likeness (QED) is 0.469. The third-order valence-corrected chi connectivity index (χ3v) is 4.04. The van der Waals surface area contributed by atoms with E-state index in [0.29, 0.717) is 0 Å². The Balaban J connectivity index is 2.04. The Kier molecular flexibility index (Phi) is 5.89. The maximum atomic E-state index is 12.0. The van der Waals surface area contributed by atoms with Crippen LogP contribution in [0.1, 0.15) is 49.9 Å². The molecule has 0 atom stereocenters. The van der Waals surface area contributed by atoms with Crippen molar-refractivity contribution in [1.29, 1.82) is 0 Å². The highest BCUT2D eigenvalue weighted by Crippen LogP contribution is 2.29. The first-order chi connectivity index (χ1) is 11.4. The average Bonchev–Trinajstić information content (AvgIpc) is 3.04. The number of hydrogen-bond acceptors (Lipinski definition) is 5. The fraction of sp³-hybridized carbons (Fsp3) is 0.529. The van der Waals surface area contributed by atoms with Crippen molar-refractivity contribution < 1.29 is 19.2 Å². The Bertz CT molecular complexity index is 636. The van der Waals surface area contributed by atoms with Gasteiger partial charge in [0, 0.05) is 23.6 Å². The lowest BCUT2D eigenvalue weighted by molar-refractivity contribution is -0.385. The Labute approximate surface area is 140 Å². The molecule has 1 saturated carbocycles. The SMILES string of the molecule is CC(C)C(=O)c1ccc(OCC(=O)NC2CCCC2)c([N+](=O)[O-])c1. The van der Waals surface area contributed by atoms with E-state index in [2.05, 4.69) is 5.32 Å². The summed E-state index contributed by atoms with van der Waals surface area (Å²) in [6.45, 7) is 3.17. The van der Waals surface area contributed by atoms with Gasteiger partial charge in [0.2, 0.25) is 0 Å². The molecule has 1 aromatic rings. The zero-order valence-corrected chi connectivity index (χ0v) is 13.9. The van der Waals surface area contributed by atoms with Gasteiger partial charge in [0.25, 0.3) is 5.91 Å². The van der Waals surface area contributed by atoms with Gasteiger partial charge >= 0.3 is 5.69 Å². The molecule has 7 heteroatoms. The summed E-state index contributed by atoms with van der Waals surface area (Å²) in [7, 11) is 0. The van der Waals surface area contributed by atoms with E-state index in [1.165, 1.54) is 18.2 Å². The number of benzene rings is 1. The number of amides is 1. The van der Waals surface area contributed by atoms with Crippen molar-refractivity contribution in [3.8, 4) is 5.75 Å². The van der Waals surface area contributed by atoms with Gasteiger partial charge in [-0.1, -0.05) is 26.7 Å². The van der Waals surface area contributed by atoms with Gasteiger partial charge < -0.3 is 10.1 Å². The fourth-order valence-electron chi connectivity index (χ4n) is 2.75. The number of carbonyl (C=O) groups is 2. The maximum Gasteiger partial charge on any atom is 0.311 e. The number of Topliss-reactive ketones (excluding diaryl/α,β-unsaturated/α-hetero) is 1. The van der Waals surface area contributed by atoms with Crippen molar-refractivity contribution in [3.05, 3.63) is 33.9 Å². The van der Waals surface area contributed by atoms with Gasteiger partial charge in [-0.05, 0) is 25.0 Å². The minimum atomic E-state index is -0.610. The minimum Gasteiger partial charge on any atom is -0.477 e. The molecule has 1 fully saturated rings. The first-order valence-electron chi connectivity index (χ1n) is 8.13. The highest BCUT2D eigenvalue weighted by molar-refractivity contribution is 5.98. The van der Waals surface area contributed by atoms with Crippen LogP contribution in [0, 0.1) is 16.0 Å². The highest BCUT2D eigenvalue weighted by Gasteiger charge is 2.22. The second-order valence-electron chi connectivity index (χ2n) is 6.30. The molecular formula is C17H22N2O5. The van der Waals surface area contributed by atoms with E-state index in [4.69, 9.17) is 4.74 Å². The Morgan fingerprint density at radius 1 is 1.33 bits per heavy atom. The fourth-order valence-corrected chi connectivity index (χ4v) is 2.75. The lowest BCUT2D eigenvalue weighted by atomic mass is 10.0. The second kappa shape index (κ2) is 7.90. The molecule has 130 valence electrons. The predicted octanol–water partition coefficient (Wildman–Crippen LogP) is 2.87. The van der Waals surface area contributed by atoms with Gasteiger partial charge in [0.1, 0.15) is 0 Å². The van der Waals surface area contributed by atoms with Crippen molar-refractivity contribution in [2.45, 2.75) is 45.6 Å². The van der Waals surface area contributed by atoms with E-state index in [1.54, 1.807) is 13.8 Å². The number of nitro benzene ring substituents is 1. The van der Waals surface area contributed by atoms with E-state index in [-0.39, 0.29) is 47.3 Å². The number of nitro groups is 1. The van der Waals surface area contributed by atoms with E-state index in [9.17, 15) is 19.7 Å². The summed E-state index contributed by atoms with van der Waals surface area (Å²) in [5.41, 5.74) is -0.0466. The summed E-state index contributed by atoms with van der Waals surface area (Å²) < 4.78 is 5.30. The van der Waals surface area contributed by atoms with Gasteiger partial charge in [-0.3, -0.25) is 19.7 Å². The summed E-state index contributed by atoms with van der Waals surface area (Å²) in [5.74, 6) is -0.738. The molecule has 1 N–H and O–H groups in total. The molecule has 0 saturated heterocycles. The van der Waals surface area contributed by atoms with Crippen LogP contribution in [0.4, 0.5) is 5.69 Å². The smallest absolute Gasteiger partial charge is 0.311 e. The number of ketones is 1. The lowest BCUT2D eigenvalue weighted by Gasteiger charge is -2.13. The Morgan fingerprint density at radius 2 is 2.00 bits per heavy atom. The van der Waals surface area contributed by atoms with E-state index < -0.39 is 4.92 Å². The van der Waals surface area contributed by atoms with Crippen LogP contribution in [0.2, 0.25) is 0 Å². The summed E-state index contributed by atoms with van der Waals surface area (Å²) in [6.07, 6.45) is 4.11. The molecule has 0 bridgehead atoms. The molecule has 1 amide bonds. The van der Waals surface area contributed by atoms with Crippen molar-refractivity contribution in [2.24, 2.45) is 5.92 Å². The summed E-state index contributed by atoms with van der Waals surface area (Å²) in [6, 6.07) is 4.23. The van der Waals surface area contributed by atoms with Crippen molar-refractivity contribution in [3.63, 3.8) is 0 Å². The molecule has 0 spiro atoms. The maximum absolute atomic E-state index is 12.0. The molecule has 7 nitrogen and oxygen atoms in total. The van der Waals surface area contributed by atoms with E-state index in [1.807, 2.05) is 0 Å². The molecular weight excluding hydrogens is 312 g/mol. The molecule has 24 heavy (non-hydrogen) atoms. The van der Waals surface area contributed by atoms with Crippen molar-refractivity contribution >= 4 is 17.4 Å². The van der Waals surface area contributed by atoms with E-state index in [0.717, 1.165) is 25.7 Å². The number of ether oxygens (including phenoxy) is 1. The van der Waals surface area contributed by atoms with Crippen LogP contribution in [0.15, 0.2) is 18.2 Å². The number of hydrogen-bond donors (Lipinski definition) is 1. The topological polar surface area (TPSA) is 98.5 Å². The summed E-state index contributed by atoms with van der Waals surface area (Å²) in [4.78, 5) is 34.4. The Morgan fingerprint density at radius 3 is 2.58 bits per heavy atom. The third-order valence-electron chi connectivity index (χ3n) is 4.04. The third kappa shape index (κ3) is 4.53. The molecule has 0 unspecified atom stereocenters. The molecule has 1 aliphatic rings. The molecule has 0 radical (unpaired) electrons. The van der Waals surface area contributed by atoms with Crippen LogP contribution in [0.3, 0.4) is 0 Å². The van der Waals surface area contributed by atoms with Crippen molar-refractivity contribution in [2.75, 3.05) is 6.61 Å². The Hall–Kier alpha value is -2.44. The van der Waals surface area contributed by atoms with Crippen LogP contribution in [0.5, 0.6) is 5.75 Å². The van der Waals surface area contributed by atoms with Crippen LogP contribution in [-0.4, -0.2) is 29.3 Å². The standard InChI is InChI=1S/C17H22N2O5/c1-11(2)17(21)12-7-8-15(14(9-12)19(22)23)24-10-16(20)18-13-5-3-4-6-13/h7-9,11,13H,3-6,10H2,1-2H3,(H,18,20). The number of nitrogens with one attached hydrogen (secondary N) is 1. The van der Waals surface area contributed by atoms with Crippen molar-refractivity contribution in [1.82, 2.24) is 5.32 Å². The van der Waals surface area contributed by atoms with Gasteiger partial charge in [0.05, 0.1) is 4.92 Å². The van der Waals surface area contributed by atoms with Gasteiger partial charge in [0.15, 0.2) is 18.1 Å². The second-order valence-corrected chi connectivity index (χ2v) is 6.30. The van der Waals surface area contributed by atoms with Gasteiger partial charge in [-0.15, -0.1) is 0 Å². The average molecular weight is 334 g/mol. The van der Waals surface area contributed by atoms with Crippen LogP contribution < -0.4 is 10.1 Å². The zero-order chi connectivity index (χ0) is 17.7. The first-order valence-corrected chi connectivity index (χ1v) is 8.13. The molecule has 0 aliphatic heterocycles. The molecule has 0 heterocycles.